The second-order valence-corrected chi connectivity index (χ2v) is 7.67. The van der Waals surface area contributed by atoms with Gasteiger partial charge in [-0.3, -0.25) is 19.2 Å². The van der Waals surface area contributed by atoms with Crippen LogP contribution in [0.1, 0.15) is 53.1 Å². The molecule has 8 nitrogen and oxygen atoms in total. The standard InChI is InChI=1S/C18H22N2O6/c1-18(2)7-13-11(14(21)8-18)6-12(16(24)19-13)17(25)20-3-4-26-9-10(20)5-15(22)23/h6,10H,3-5,7-9H2,1-2H3,(H,19,24)(H,22,23). The molecule has 2 aliphatic rings. The molecule has 0 aromatic carbocycles. The molecular weight excluding hydrogens is 340 g/mol. The zero-order valence-corrected chi connectivity index (χ0v) is 14.8. The van der Waals surface area contributed by atoms with Crippen LogP contribution in [-0.2, 0) is 16.0 Å². The van der Waals surface area contributed by atoms with Gasteiger partial charge in [-0.2, -0.15) is 0 Å². The Morgan fingerprint density at radius 3 is 2.77 bits per heavy atom. The third-order valence-electron chi connectivity index (χ3n) is 4.85. The number of aliphatic carboxylic acids is 1. The predicted molar refractivity (Wildman–Crippen MR) is 91.4 cm³/mol. The maximum absolute atomic E-state index is 12.9. The van der Waals surface area contributed by atoms with E-state index in [2.05, 4.69) is 4.98 Å². The van der Waals surface area contributed by atoms with E-state index in [0.717, 1.165) is 0 Å². The van der Waals surface area contributed by atoms with Crippen LogP contribution < -0.4 is 5.56 Å². The molecule has 1 atom stereocenters. The van der Waals surface area contributed by atoms with Crippen molar-refractivity contribution < 1.29 is 24.2 Å². The van der Waals surface area contributed by atoms with Gasteiger partial charge in [0, 0.05) is 24.2 Å². The molecule has 0 saturated carbocycles. The van der Waals surface area contributed by atoms with E-state index < -0.39 is 23.5 Å². The Bertz CT molecular complexity index is 825. The molecule has 26 heavy (non-hydrogen) atoms. The van der Waals surface area contributed by atoms with Gasteiger partial charge in [0.1, 0.15) is 5.56 Å². The van der Waals surface area contributed by atoms with Gasteiger partial charge >= 0.3 is 5.97 Å². The third-order valence-corrected chi connectivity index (χ3v) is 4.85. The Morgan fingerprint density at radius 2 is 2.08 bits per heavy atom. The number of fused-ring (bicyclic) bond motifs is 1. The first-order valence-corrected chi connectivity index (χ1v) is 8.58. The summed E-state index contributed by atoms with van der Waals surface area (Å²) in [6.45, 7) is 4.49. The molecule has 0 radical (unpaired) electrons. The van der Waals surface area contributed by atoms with Crippen molar-refractivity contribution in [3.05, 3.63) is 33.2 Å². The monoisotopic (exact) mass is 362 g/mol. The highest BCUT2D eigenvalue weighted by Gasteiger charge is 2.35. The molecule has 1 saturated heterocycles. The van der Waals surface area contributed by atoms with Gasteiger partial charge in [0.2, 0.25) is 0 Å². The summed E-state index contributed by atoms with van der Waals surface area (Å²) in [6, 6.07) is 0.722. The van der Waals surface area contributed by atoms with Crippen molar-refractivity contribution >= 4 is 17.7 Å². The van der Waals surface area contributed by atoms with E-state index in [-0.39, 0.29) is 42.9 Å². The minimum Gasteiger partial charge on any atom is -0.481 e. The molecule has 8 heteroatoms. The van der Waals surface area contributed by atoms with Crippen molar-refractivity contribution in [2.45, 2.75) is 39.2 Å². The smallest absolute Gasteiger partial charge is 0.305 e. The number of hydrogen-bond donors (Lipinski definition) is 2. The maximum atomic E-state index is 12.9. The topological polar surface area (TPSA) is 117 Å². The second kappa shape index (κ2) is 6.68. The number of rotatable bonds is 3. The first-order valence-electron chi connectivity index (χ1n) is 8.58. The Balaban J connectivity index is 1.95. The van der Waals surface area contributed by atoms with Gasteiger partial charge in [-0.1, -0.05) is 13.8 Å². The second-order valence-electron chi connectivity index (χ2n) is 7.67. The van der Waals surface area contributed by atoms with E-state index in [1.54, 1.807) is 0 Å². The van der Waals surface area contributed by atoms with Crippen molar-refractivity contribution in [3.63, 3.8) is 0 Å². The van der Waals surface area contributed by atoms with E-state index in [0.29, 0.717) is 24.1 Å². The number of hydrogen-bond acceptors (Lipinski definition) is 5. The fourth-order valence-electron chi connectivity index (χ4n) is 3.63. The van der Waals surface area contributed by atoms with Crippen LogP contribution >= 0.6 is 0 Å². The summed E-state index contributed by atoms with van der Waals surface area (Å²) in [6.07, 6.45) is 0.636. The van der Waals surface area contributed by atoms with Crippen LogP contribution in [0.15, 0.2) is 10.9 Å². The Hall–Kier alpha value is -2.48. The summed E-state index contributed by atoms with van der Waals surface area (Å²) in [5.41, 5.74) is -0.00361. The van der Waals surface area contributed by atoms with Crippen molar-refractivity contribution in [2.24, 2.45) is 5.41 Å². The molecule has 1 aromatic heterocycles. The van der Waals surface area contributed by atoms with Crippen LogP contribution in [0.4, 0.5) is 0 Å². The summed E-state index contributed by atoms with van der Waals surface area (Å²) in [5.74, 6) is -1.72. The third kappa shape index (κ3) is 3.55. The first-order chi connectivity index (χ1) is 12.2. The summed E-state index contributed by atoms with van der Waals surface area (Å²) in [4.78, 5) is 52.8. The van der Waals surface area contributed by atoms with Gasteiger partial charge < -0.3 is 19.7 Å². The molecule has 0 spiro atoms. The molecule has 2 N–H and O–H groups in total. The first kappa shape index (κ1) is 18.3. The van der Waals surface area contributed by atoms with Crippen molar-refractivity contribution in [1.82, 2.24) is 9.88 Å². The van der Waals surface area contributed by atoms with Crippen LogP contribution in [-0.4, -0.2) is 58.5 Å². The lowest BCUT2D eigenvalue weighted by molar-refractivity contribution is -0.139. The molecule has 140 valence electrons. The lowest BCUT2D eigenvalue weighted by Crippen LogP contribution is -2.50. The summed E-state index contributed by atoms with van der Waals surface area (Å²) < 4.78 is 5.26. The number of ketones is 1. The number of morpholine rings is 1. The molecule has 1 amide bonds. The number of pyridine rings is 1. The van der Waals surface area contributed by atoms with Gasteiger partial charge in [-0.05, 0) is 17.9 Å². The average molecular weight is 362 g/mol. The molecule has 0 bridgehead atoms. The van der Waals surface area contributed by atoms with Crippen molar-refractivity contribution in [1.29, 1.82) is 0 Å². The highest BCUT2D eigenvalue weighted by Crippen LogP contribution is 2.33. The number of carboxylic acid groups (broad SMARTS) is 1. The molecule has 2 heterocycles. The van der Waals surface area contributed by atoms with Crippen molar-refractivity contribution in [2.75, 3.05) is 19.8 Å². The molecule has 1 fully saturated rings. The predicted octanol–water partition coefficient (Wildman–Crippen LogP) is 0.846. The largest absolute Gasteiger partial charge is 0.481 e. The lowest BCUT2D eigenvalue weighted by Gasteiger charge is -2.35. The summed E-state index contributed by atoms with van der Waals surface area (Å²) >= 11 is 0. The van der Waals surface area contributed by atoms with E-state index in [1.165, 1.54) is 11.0 Å². The Kier molecular flexibility index (Phi) is 4.70. The molecule has 3 rings (SSSR count). The fourth-order valence-corrected chi connectivity index (χ4v) is 3.63. The number of nitrogens with one attached hydrogen (secondary N) is 1. The number of nitrogens with zero attached hydrogens (tertiary/aromatic N) is 1. The zero-order chi connectivity index (χ0) is 19.1. The number of carboxylic acids is 1. The van der Waals surface area contributed by atoms with Crippen molar-refractivity contribution in [3.8, 4) is 0 Å². The maximum Gasteiger partial charge on any atom is 0.305 e. The van der Waals surface area contributed by atoms with Gasteiger partial charge in [-0.25, -0.2) is 0 Å². The number of aromatic amines is 1. The number of H-pyrrole nitrogens is 1. The quantitative estimate of drug-likeness (QED) is 0.823. The highest BCUT2D eigenvalue weighted by atomic mass is 16.5. The highest BCUT2D eigenvalue weighted by molar-refractivity contribution is 6.02. The minimum atomic E-state index is -1.05. The van der Waals surface area contributed by atoms with Gasteiger partial charge in [-0.15, -0.1) is 0 Å². The number of amides is 1. The van der Waals surface area contributed by atoms with Gasteiger partial charge in [0.15, 0.2) is 5.78 Å². The molecule has 1 aliphatic heterocycles. The molecule has 1 aliphatic carbocycles. The Morgan fingerprint density at radius 1 is 1.35 bits per heavy atom. The summed E-state index contributed by atoms with van der Waals surface area (Å²) in [7, 11) is 0. The van der Waals surface area contributed by atoms with Crippen LogP contribution in [0.25, 0.3) is 0 Å². The van der Waals surface area contributed by atoms with Gasteiger partial charge in [0.25, 0.3) is 11.5 Å². The van der Waals surface area contributed by atoms with Crippen LogP contribution in [0, 0.1) is 5.41 Å². The molecular formula is C18H22N2O6. The summed E-state index contributed by atoms with van der Waals surface area (Å²) in [5, 5.41) is 9.03. The number of aromatic nitrogens is 1. The van der Waals surface area contributed by atoms with Crippen LogP contribution in [0.3, 0.4) is 0 Å². The normalized spacial score (nSPS) is 22.0. The fraction of sp³-hybridized carbons (Fsp3) is 0.556. The lowest BCUT2D eigenvalue weighted by atomic mass is 9.75. The number of Topliss-reactive ketones (excluding diaryl/α,β-unsaturated/α-hetero) is 1. The number of carbonyl (C=O) groups excluding carboxylic acids is 2. The van der Waals surface area contributed by atoms with E-state index in [1.807, 2.05) is 13.8 Å². The number of ether oxygens (including phenoxy) is 1. The molecule has 1 unspecified atom stereocenters. The molecule has 1 aromatic rings. The number of carbonyl (C=O) groups is 3. The zero-order valence-electron chi connectivity index (χ0n) is 14.8. The van der Waals surface area contributed by atoms with Gasteiger partial charge in [0.05, 0.1) is 25.7 Å². The van der Waals surface area contributed by atoms with E-state index >= 15 is 0 Å². The average Bonchev–Trinajstić information content (AvgIpc) is 2.52. The SMILES string of the molecule is CC1(C)CC(=O)c2cc(C(=O)N3CCOCC3CC(=O)O)c(=O)[nH]c2C1. The van der Waals surface area contributed by atoms with E-state index in [4.69, 9.17) is 9.84 Å². The van der Waals surface area contributed by atoms with Crippen LogP contribution in [0.2, 0.25) is 0 Å². The minimum absolute atomic E-state index is 0.105. The van der Waals surface area contributed by atoms with Crippen LogP contribution in [0.5, 0.6) is 0 Å². The van der Waals surface area contributed by atoms with E-state index in [9.17, 15) is 19.2 Å². The Labute approximate surface area is 150 Å².